The smallest absolute Gasteiger partial charge is 0.354 e. The van der Waals surface area contributed by atoms with Crippen molar-refractivity contribution < 1.29 is 9.90 Å². The number of aromatic nitrogens is 4. The minimum atomic E-state index is -1.14. The molecule has 2 aromatic heterocycles. The molecule has 82 valence electrons. The van der Waals surface area contributed by atoms with E-state index in [2.05, 4.69) is 15.1 Å². The molecule has 6 nitrogen and oxygen atoms in total. The first-order valence-corrected chi connectivity index (χ1v) is 4.71. The standard InChI is InChI=1S/C9H7ClN4O2/c1-14-4-5(3-11-14)8-12-6(9(15)16)2-7(10)13-8/h2-4H,1H3,(H,15,16). The molecule has 0 fully saturated rings. The Bertz CT molecular complexity index is 552. The van der Waals surface area contributed by atoms with Crippen molar-refractivity contribution in [2.24, 2.45) is 7.05 Å². The van der Waals surface area contributed by atoms with Crippen LogP contribution in [0.5, 0.6) is 0 Å². The molecule has 0 aromatic carbocycles. The predicted molar refractivity (Wildman–Crippen MR) is 56.2 cm³/mol. The summed E-state index contributed by atoms with van der Waals surface area (Å²) in [7, 11) is 1.74. The molecule has 2 heterocycles. The fraction of sp³-hybridized carbons (Fsp3) is 0.111. The molecule has 0 unspecified atom stereocenters. The zero-order chi connectivity index (χ0) is 11.7. The van der Waals surface area contributed by atoms with Gasteiger partial charge in [0.1, 0.15) is 5.15 Å². The Hall–Kier alpha value is -1.95. The molecule has 16 heavy (non-hydrogen) atoms. The van der Waals surface area contributed by atoms with Crippen molar-refractivity contribution >= 4 is 17.6 Å². The molecule has 0 saturated heterocycles. The van der Waals surface area contributed by atoms with Gasteiger partial charge in [-0.2, -0.15) is 5.10 Å². The lowest BCUT2D eigenvalue weighted by atomic mass is 10.3. The van der Waals surface area contributed by atoms with Gasteiger partial charge in [-0.15, -0.1) is 0 Å². The lowest BCUT2D eigenvalue weighted by Crippen LogP contribution is -2.02. The Kier molecular flexibility index (Phi) is 2.57. The Morgan fingerprint density at radius 2 is 2.25 bits per heavy atom. The van der Waals surface area contributed by atoms with E-state index in [0.29, 0.717) is 5.56 Å². The van der Waals surface area contributed by atoms with Crippen molar-refractivity contribution in [2.45, 2.75) is 0 Å². The molecule has 0 aliphatic heterocycles. The Morgan fingerprint density at radius 1 is 1.50 bits per heavy atom. The summed E-state index contributed by atoms with van der Waals surface area (Å²) in [5.41, 5.74) is 0.478. The van der Waals surface area contributed by atoms with Crippen LogP contribution < -0.4 is 0 Å². The summed E-state index contributed by atoms with van der Waals surface area (Å²) in [6, 6.07) is 1.20. The van der Waals surface area contributed by atoms with Crippen LogP contribution in [0.1, 0.15) is 10.5 Å². The molecular formula is C9H7ClN4O2. The zero-order valence-corrected chi connectivity index (χ0v) is 9.01. The highest BCUT2D eigenvalue weighted by Gasteiger charge is 2.11. The molecule has 0 saturated carbocycles. The molecule has 0 atom stereocenters. The summed E-state index contributed by atoms with van der Waals surface area (Å²) in [5.74, 6) is -0.896. The number of carboxylic acids is 1. The second kappa shape index (κ2) is 3.90. The molecular weight excluding hydrogens is 232 g/mol. The SMILES string of the molecule is Cn1cc(-c2nc(Cl)cc(C(=O)O)n2)cn1. The highest BCUT2D eigenvalue weighted by atomic mass is 35.5. The van der Waals surface area contributed by atoms with Crippen LogP contribution in [0.3, 0.4) is 0 Å². The fourth-order valence-electron chi connectivity index (χ4n) is 1.19. The van der Waals surface area contributed by atoms with Gasteiger partial charge in [-0.25, -0.2) is 14.8 Å². The first-order chi connectivity index (χ1) is 7.56. The van der Waals surface area contributed by atoms with E-state index in [1.165, 1.54) is 12.3 Å². The van der Waals surface area contributed by atoms with Gasteiger partial charge in [-0.05, 0) is 0 Å². The van der Waals surface area contributed by atoms with Gasteiger partial charge in [0.2, 0.25) is 0 Å². The van der Waals surface area contributed by atoms with Crippen LogP contribution >= 0.6 is 11.6 Å². The third-order valence-electron chi connectivity index (χ3n) is 1.88. The molecule has 2 aromatic rings. The number of hydrogen-bond donors (Lipinski definition) is 1. The number of aryl methyl sites for hydroxylation is 1. The van der Waals surface area contributed by atoms with Crippen LogP contribution in [0, 0.1) is 0 Å². The topological polar surface area (TPSA) is 80.9 Å². The maximum Gasteiger partial charge on any atom is 0.354 e. The molecule has 0 bridgehead atoms. The zero-order valence-electron chi connectivity index (χ0n) is 8.25. The van der Waals surface area contributed by atoms with E-state index in [9.17, 15) is 4.79 Å². The maximum absolute atomic E-state index is 10.8. The largest absolute Gasteiger partial charge is 0.477 e. The fourth-order valence-corrected chi connectivity index (χ4v) is 1.38. The van der Waals surface area contributed by atoms with Gasteiger partial charge in [0.25, 0.3) is 0 Å². The minimum Gasteiger partial charge on any atom is -0.477 e. The summed E-state index contributed by atoms with van der Waals surface area (Å²) in [4.78, 5) is 18.6. The average molecular weight is 239 g/mol. The molecule has 0 aliphatic rings. The van der Waals surface area contributed by atoms with E-state index in [0.717, 1.165) is 0 Å². The Morgan fingerprint density at radius 3 is 2.81 bits per heavy atom. The van der Waals surface area contributed by atoms with Gasteiger partial charge in [0, 0.05) is 19.3 Å². The van der Waals surface area contributed by atoms with Crippen LogP contribution in [-0.4, -0.2) is 30.8 Å². The van der Waals surface area contributed by atoms with Crippen molar-refractivity contribution in [2.75, 3.05) is 0 Å². The highest BCUT2D eigenvalue weighted by molar-refractivity contribution is 6.29. The number of nitrogens with zero attached hydrogens (tertiary/aromatic N) is 4. The van der Waals surface area contributed by atoms with Crippen molar-refractivity contribution in [3.8, 4) is 11.4 Å². The second-order valence-corrected chi connectivity index (χ2v) is 3.49. The lowest BCUT2D eigenvalue weighted by molar-refractivity contribution is 0.0690. The van der Waals surface area contributed by atoms with Crippen LogP contribution in [0.15, 0.2) is 18.5 Å². The van der Waals surface area contributed by atoms with E-state index in [1.54, 1.807) is 17.9 Å². The Balaban J connectivity index is 2.53. The number of carboxylic acid groups (broad SMARTS) is 1. The molecule has 7 heteroatoms. The minimum absolute atomic E-state index is 0.0891. The van der Waals surface area contributed by atoms with Crippen molar-refractivity contribution in [1.82, 2.24) is 19.7 Å². The van der Waals surface area contributed by atoms with Gasteiger partial charge in [0.05, 0.1) is 11.8 Å². The summed E-state index contributed by atoms with van der Waals surface area (Å²) in [5, 5.41) is 12.8. The third kappa shape index (κ3) is 2.01. The van der Waals surface area contributed by atoms with E-state index >= 15 is 0 Å². The summed E-state index contributed by atoms with van der Waals surface area (Å²) >= 11 is 5.71. The van der Waals surface area contributed by atoms with Crippen LogP contribution in [0.4, 0.5) is 0 Å². The third-order valence-corrected chi connectivity index (χ3v) is 2.07. The predicted octanol–water partition coefficient (Wildman–Crippen LogP) is 1.23. The quantitative estimate of drug-likeness (QED) is 0.796. The van der Waals surface area contributed by atoms with Gasteiger partial charge < -0.3 is 5.11 Å². The number of halogens is 1. The van der Waals surface area contributed by atoms with Crippen molar-refractivity contribution in [3.63, 3.8) is 0 Å². The number of rotatable bonds is 2. The van der Waals surface area contributed by atoms with Gasteiger partial charge in [0.15, 0.2) is 11.5 Å². The van der Waals surface area contributed by atoms with Crippen molar-refractivity contribution in [3.05, 3.63) is 29.3 Å². The lowest BCUT2D eigenvalue weighted by Gasteiger charge is -1.99. The van der Waals surface area contributed by atoms with Gasteiger partial charge >= 0.3 is 5.97 Å². The summed E-state index contributed by atoms with van der Waals surface area (Å²) in [6.07, 6.45) is 3.22. The van der Waals surface area contributed by atoms with E-state index in [4.69, 9.17) is 16.7 Å². The average Bonchev–Trinajstić information content (AvgIpc) is 2.64. The number of hydrogen-bond acceptors (Lipinski definition) is 4. The van der Waals surface area contributed by atoms with Crippen LogP contribution in [0.25, 0.3) is 11.4 Å². The summed E-state index contributed by atoms with van der Waals surface area (Å²) in [6.45, 7) is 0. The van der Waals surface area contributed by atoms with Crippen LogP contribution in [-0.2, 0) is 7.05 Å². The van der Waals surface area contributed by atoms with E-state index in [-0.39, 0.29) is 16.7 Å². The second-order valence-electron chi connectivity index (χ2n) is 3.11. The Labute approximate surface area is 95.5 Å². The highest BCUT2D eigenvalue weighted by Crippen LogP contribution is 2.17. The van der Waals surface area contributed by atoms with Gasteiger partial charge in [-0.1, -0.05) is 11.6 Å². The molecule has 0 aliphatic carbocycles. The molecule has 2 rings (SSSR count). The van der Waals surface area contributed by atoms with Crippen LogP contribution in [0.2, 0.25) is 5.15 Å². The number of carbonyl (C=O) groups is 1. The molecule has 0 radical (unpaired) electrons. The summed E-state index contributed by atoms with van der Waals surface area (Å²) < 4.78 is 1.57. The first kappa shape index (κ1) is 10.6. The normalized spacial score (nSPS) is 10.4. The molecule has 0 amide bonds. The van der Waals surface area contributed by atoms with Gasteiger partial charge in [-0.3, -0.25) is 4.68 Å². The maximum atomic E-state index is 10.8. The number of aromatic carboxylic acids is 1. The van der Waals surface area contributed by atoms with Crippen molar-refractivity contribution in [1.29, 1.82) is 0 Å². The first-order valence-electron chi connectivity index (χ1n) is 4.33. The monoisotopic (exact) mass is 238 g/mol. The van der Waals surface area contributed by atoms with E-state index < -0.39 is 5.97 Å². The molecule has 0 spiro atoms. The van der Waals surface area contributed by atoms with E-state index in [1.807, 2.05) is 0 Å². The molecule has 1 N–H and O–H groups in total.